The number of ether oxygens (including phenoxy) is 2. The molecule has 1 aromatic heterocycles. The van der Waals surface area contributed by atoms with E-state index in [2.05, 4.69) is 48.4 Å². The molecule has 0 aliphatic carbocycles. The summed E-state index contributed by atoms with van der Waals surface area (Å²) in [5.41, 5.74) is 4.51. The Kier molecular flexibility index (Phi) is 4.96. The van der Waals surface area contributed by atoms with Crippen LogP contribution in [0.4, 0.5) is 0 Å². The summed E-state index contributed by atoms with van der Waals surface area (Å²) in [7, 11) is 1.44. The molecule has 0 bridgehead atoms. The van der Waals surface area contributed by atoms with Crippen molar-refractivity contribution < 1.29 is 14.3 Å². The second-order valence-corrected chi connectivity index (χ2v) is 7.69. The Morgan fingerprint density at radius 2 is 2.15 bits per heavy atom. The fourth-order valence-corrected chi connectivity index (χ4v) is 4.73. The van der Waals surface area contributed by atoms with Crippen molar-refractivity contribution in [1.29, 1.82) is 0 Å². The second-order valence-electron chi connectivity index (χ2n) is 7.69. The second kappa shape index (κ2) is 7.39. The van der Waals surface area contributed by atoms with E-state index in [1.807, 2.05) is 0 Å². The van der Waals surface area contributed by atoms with Crippen molar-refractivity contribution in [2.75, 3.05) is 13.7 Å². The molecule has 0 saturated carbocycles. The first-order chi connectivity index (χ1) is 13.1. The van der Waals surface area contributed by atoms with Crippen molar-refractivity contribution in [3.63, 3.8) is 0 Å². The molecule has 144 valence electrons. The minimum Gasteiger partial charge on any atom is -0.497 e. The highest BCUT2D eigenvalue weighted by atomic mass is 16.5. The summed E-state index contributed by atoms with van der Waals surface area (Å²) in [5.74, 6) is 0.149. The predicted molar refractivity (Wildman–Crippen MR) is 105 cm³/mol. The first kappa shape index (κ1) is 18.1. The van der Waals surface area contributed by atoms with Crippen LogP contribution in [-0.2, 0) is 20.7 Å². The first-order valence-corrected chi connectivity index (χ1v) is 9.90. The Labute approximate surface area is 160 Å². The number of esters is 1. The number of methoxy groups -OCH3 is 1. The molecule has 4 atom stereocenters. The van der Waals surface area contributed by atoms with Crippen LogP contribution in [0.3, 0.4) is 0 Å². The first-order valence-electron chi connectivity index (χ1n) is 9.90. The van der Waals surface area contributed by atoms with Crippen molar-refractivity contribution >= 4 is 16.9 Å². The molecular weight excluding hydrogens is 340 g/mol. The van der Waals surface area contributed by atoms with Gasteiger partial charge in [-0.25, -0.2) is 4.79 Å². The van der Waals surface area contributed by atoms with Crippen molar-refractivity contribution in [3.05, 3.63) is 47.4 Å². The molecule has 1 fully saturated rings. The number of nitrogens with one attached hydrogen (secondary N) is 2. The summed E-state index contributed by atoms with van der Waals surface area (Å²) in [5, 5.41) is 5.02. The molecule has 3 heterocycles. The smallest absolute Gasteiger partial charge is 0.337 e. The molecule has 0 radical (unpaired) electrons. The maximum Gasteiger partial charge on any atom is 0.337 e. The zero-order valence-electron chi connectivity index (χ0n) is 16.2. The Morgan fingerprint density at radius 1 is 1.33 bits per heavy atom. The van der Waals surface area contributed by atoms with E-state index in [0.717, 1.165) is 25.8 Å². The number of rotatable bonds is 4. The van der Waals surface area contributed by atoms with Gasteiger partial charge in [0.1, 0.15) is 0 Å². The molecule has 0 spiro atoms. The van der Waals surface area contributed by atoms with Crippen LogP contribution in [0, 0.1) is 11.8 Å². The van der Waals surface area contributed by atoms with Gasteiger partial charge in [-0.1, -0.05) is 31.5 Å². The molecule has 1 saturated heterocycles. The fraction of sp³-hybridized carbons (Fsp3) is 0.500. The molecule has 2 aliphatic rings. The van der Waals surface area contributed by atoms with Crippen molar-refractivity contribution in [3.8, 4) is 0 Å². The van der Waals surface area contributed by atoms with E-state index in [4.69, 9.17) is 9.47 Å². The number of fused-ring (bicyclic) bond motifs is 2. The molecule has 5 heteroatoms. The monoisotopic (exact) mass is 368 g/mol. The minimum atomic E-state index is -0.275. The number of para-hydroxylation sites is 1. The third-order valence-corrected chi connectivity index (χ3v) is 6.13. The van der Waals surface area contributed by atoms with Gasteiger partial charge in [-0.05, 0) is 31.4 Å². The van der Waals surface area contributed by atoms with Crippen LogP contribution < -0.4 is 5.32 Å². The average molecular weight is 368 g/mol. The fourth-order valence-electron chi connectivity index (χ4n) is 4.73. The van der Waals surface area contributed by atoms with Gasteiger partial charge in [-0.15, -0.1) is 0 Å². The molecule has 2 aromatic rings. The number of hydrogen-bond acceptors (Lipinski definition) is 4. The van der Waals surface area contributed by atoms with Crippen LogP contribution in [-0.4, -0.2) is 30.7 Å². The van der Waals surface area contributed by atoms with Crippen molar-refractivity contribution in [2.45, 2.75) is 45.3 Å². The highest BCUT2D eigenvalue weighted by Gasteiger charge is 2.42. The topological polar surface area (TPSA) is 63.4 Å². The molecule has 1 aromatic carbocycles. The Balaban J connectivity index is 1.69. The summed E-state index contributed by atoms with van der Waals surface area (Å²) in [6.45, 7) is 5.12. The number of H-pyrrole nitrogens is 1. The van der Waals surface area contributed by atoms with Gasteiger partial charge >= 0.3 is 5.97 Å². The number of hydrogen-bond donors (Lipinski definition) is 2. The number of carbonyl (C=O) groups excluding carboxylic acids is 1. The van der Waals surface area contributed by atoms with Gasteiger partial charge in [-0.2, -0.15) is 0 Å². The van der Waals surface area contributed by atoms with E-state index in [1.165, 1.54) is 29.3 Å². The summed E-state index contributed by atoms with van der Waals surface area (Å²) < 4.78 is 10.7. The lowest BCUT2D eigenvalue weighted by Crippen LogP contribution is -2.47. The van der Waals surface area contributed by atoms with Crippen molar-refractivity contribution in [1.82, 2.24) is 10.3 Å². The number of benzene rings is 1. The van der Waals surface area contributed by atoms with Gasteiger partial charge in [0.05, 0.1) is 25.0 Å². The lowest BCUT2D eigenvalue weighted by atomic mass is 9.74. The molecule has 2 aliphatic heterocycles. The standard InChI is InChI=1S/C22H28N2O3/c1-4-7-15-14-8-5-6-9-19(14)24-21(15)20-10-16-17(11-23-20)13(2)27-12-18(16)22(25)26-3/h5-6,8-9,12-13,16-17,20,23-24H,4,7,10-11H2,1-3H3/t13-,16-,17-,20-/m1/s1. The van der Waals surface area contributed by atoms with Gasteiger partial charge in [-0.3, -0.25) is 0 Å². The van der Waals surface area contributed by atoms with Crippen molar-refractivity contribution in [2.24, 2.45) is 11.8 Å². The van der Waals surface area contributed by atoms with E-state index in [1.54, 1.807) is 6.26 Å². The lowest BCUT2D eigenvalue weighted by Gasteiger charge is -2.42. The third kappa shape index (κ3) is 3.14. The predicted octanol–water partition coefficient (Wildman–Crippen LogP) is 3.86. The van der Waals surface area contributed by atoms with E-state index < -0.39 is 0 Å². The molecule has 2 N–H and O–H groups in total. The minimum absolute atomic E-state index is 0.0923. The Bertz CT molecular complexity index is 870. The van der Waals surface area contributed by atoms with Gasteiger partial charge in [0.15, 0.2) is 0 Å². The number of carbonyl (C=O) groups is 1. The summed E-state index contributed by atoms with van der Waals surface area (Å²) in [6, 6.07) is 8.70. The largest absolute Gasteiger partial charge is 0.497 e. The van der Waals surface area contributed by atoms with E-state index >= 15 is 0 Å². The van der Waals surface area contributed by atoms with Crippen LogP contribution >= 0.6 is 0 Å². The molecule has 0 amide bonds. The van der Waals surface area contributed by atoms with Crippen LogP contribution in [0.15, 0.2) is 36.1 Å². The summed E-state index contributed by atoms with van der Waals surface area (Å²) >= 11 is 0. The number of piperidine rings is 1. The van der Waals surface area contributed by atoms with Crippen LogP contribution in [0.2, 0.25) is 0 Å². The van der Waals surface area contributed by atoms with E-state index in [0.29, 0.717) is 5.57 Å². The molecular formula is C22H28N2O3. The van der Waals surface area contributed by atoms with Gasteiger partial charge in [0.2, 0.25) is 0 Å². The SMILES string of the molecule is CCCc1c([C@H]2C[C@H]3C(C(=O)OC)=CO[C@H](C)[C@H]3CN2)[nH]c2ccccc12. The number of aromatic amines is 1. The zero-order valence-corrected chi connectivity index (χ0v) is 16.2. The highest BCUT2D eigenvalue weighted by Crippen LogP contribution is 2.42. The summed E-state index contributed by atoms with van der Waals surface area (Å²) in [4.78, 5) is 15.9. The normalized spacial score (nSPS) is 27.6. The third-order valence-electron chi connectivity index (χ3n) is 6.13. The molecule has 0 unspecified atom stereocenters. The van der Waals surface area contributed by atoms with E-state index in [-0.39, 0.29) is 30.0 Å². The van der Waals surface area contributed by atoms with Gasteiger partial charge in [0, 0.05) is 41.0 Å². The van der Waals surface area contributed by atoms with Gasteiger partial charge in [0.25, 0.3) is 0 Å². The van der Waals surface area contributed by atoms with Crippen LogP contribution in [0.5, 0.6) is 0 Å². The zero-order chi connectivity index (χ0) is 19.0. The molecule has 4 rings (SSSR count). The number of aromatic nitrogens is 1. The average Bonchev–Trinajstić information content (AvgIpc) is 3.06. The molecule has 5 nitrogen and oxygen atoms in total. The lowest BCUT2D eigenvalue weighted by molar-refractivity contribution is -0.138. The quantitative estimate of drug-likeness (QED) is 0.805. The van der Waals surface area contributed by atoms with Crippen LogP contribution in [0.1, 0.15) is 44.0 Å². The van der Waals surface area contributed by atoms with Gasteiger partial charge < -0.3 is 19.8 Å². The maximum absolute atomic E-state index is 12.3. The number of aryl methyl sites for hydroxylation is 1. The Morgan fingerprint density at radius 3 is 2.93 bits per heavy atom. The van der Waals surface area contributed by atoms with Crippen LogP contribution in [0.25, 0.3) is 10.9 Å². The summed E-state index contributed by atoms with van der Waals surface area (Å²) in [6.07, 6.45) is 4.73. The highest BCUT2D eigenvalue weighted by molar-refractivity contribution is 5.89. The molecule has 27 heavy (non-hydrogen) atoms. The maximum atomic E-state index is 12.3. The Hall–Kier alpha value is -2.27. The van der Waals surface area contributed by atoms with E-state index in [9.17, 15) is 4.79 Å².